The lowest BCUT2D eigenvalue weighted by Crippen LogP contribution is -2.51. The van der Waals surface area contributed by atoms with Gasteiger partial charge < -0.3 is 31.7 Å². The number of hydrogen-bond donors (Lipinski definition) is 5. The van der Waals surface area contributed by atoms with E-state index in [1.54, 1.807) is 24.3 Å². The molecule has 0 saturated carbocycles. The fourth-order valence-corrected chi connectivity index (χ4v) is 4.21. The van der Waals surface area contributed by atoms with Crippen LogP contribution in [0.2, 0.25) is 0 Å². The number of non-ortho nitro benzene ring substituents is 1. The Morgan fingerprint density at radius 2 is 1.95 bits per heavy atom. The smallest absolute Gasteiger partial charge is 0.270 e. The average molecular weight is 526 g/mol. The second kappa shape index (κ2) is 13.0. The summed E-state index contributed by atoms with van der Waals surface area (Å²) >= 11 is 0. The first-order chi connectivity index (χ1) is 18.2. The molecule has 1 aliphatic heterocycles. The Kier molecular flexibility index (Phi) is 9.57. The number of amides is 2. The Labute approximate surface area is 219 Å². The summed E-state index contributed by atoms with van der Waals surface area (Å²) in [6, 6.07) is 10.5. The lowest BCUT2D eigenvalue weighted by atomic mass is 9.97. The molecule has 0 bridgehead atoms. The zero-order valence-corrected chi connectivity index (χ0v) is 20.7. The largest absolute Gasteiger partial charge is 0.484 e. The Hall–Kier alpha value is -4.68. The molecule has 2 atom stereocenters. The van der Waals surface area contributed by atoms with Gasteiger partial charge in [-0.2, -0.15) is 0 Å². The maximum absolute atomic E-state index is 13.4. The van der Waals surface area contributed by atoms with E-state index in [9.17, 15) is 24.5 Å². The van der Waals surface area contributed by atoms with Gasteiger partial charge in [0.25, 0.3) is 11.6 Å². The SMILES string of the molecule is N=C(N)NCCCC(NC(=O)C1CCCN1C(=O)COc1ccccc1)C(=O)c1cc([N+](=O)[O-])ccc1N. The number of nitrogens with one attached hydrogen (secondary N) is 3. The third-order valence-electron chi connectivity index (χ3n) is 6.11. The molecule has 0 aliphatic carbocycles. The number of nitrogen functional groups attached to an aromatic ring is 1. The Bertz CT molecular complexity index is 1190. The van der Waals surface area contributed by atoms with Gasteiger partial charge in [-0.3, -0.25) is 29.9 Å². The van der Waals surface area contributed by atoms with Crippen molar-refractivity contribution in [2.24, 2.45) is 5.73 Å². The number of carbonyl (C=O) groups excluding carboxylic acids is 3. The highest BCUT2D eigenvalue weighted by atomic mass is 16.6. The van der Waals surface area contributed by atoms with Crippen LogP contribution in [0.15, 0.2) is 48.5 Å². The second-order valence-corrected chi connectivity index (χ2v) is 8.78. The number of anilines is 1. The molecule has 0 aromatic heterocycles. The monoisotopic (exact) mass is 525 g/mol. The number of guanidine groups is 1. The molecule has 0 spiro atoms. The summed E-state index contributed by atoms with van der Waals surface area (Å²) in [4.78, 5) is 51.5. The molecule has 2 aromatic carbocycles. The predicted molar refractivity (Wildman–Crippen MR) is 140 cm³/mol. The van der Waals surface area contributed by atoms with Gasteiger partial charge in [-0.15, -0.1) is 0 Å². The van der Waals surface area contributed by atoms with Crippen molar-refractivity contribution in [3.63, 3.8) is 0 Å². The van der Waals surface area contributed by atoms with Crippen molar-refractivity contribution in [2.45, 2.75) is 37.8 Å². The number of carbonyl (C=O) groups is 3. The van der Waals surface area contributed by atoms with E-state index < -0.39 is 28.7 Å². The Balaban J connectivity index is 1.73. The fourth-order valence-electron chi connectivity index (χ4n) is 4.21. The molecule has 3 rings (SSSR count). The van der Waals surface area contributed by atoms with E-state index in [2.05, 4.69) is 10.6 Å². The van der Waals surface area contributed by atoms with Crippen LogP contribution in [0.4, 0.5) is 11.4 Å². The molecule has 2 amide bonds. The molecule has 1 saturated heterocycles. The second-order valence-electron chi connectivity index (χ2n) is 8.78. The number of para-hydroxylation sites is 1. The van der Waals surface area contributed by atoms with E-state index in [1.807, 2.05) is 6.07 Å². The molecule has 7 N–H and O–H groups in total. The van der Waals surface area contributed by atoms with Crippen molar-refractivity contribution in [2.75, 3.05) is 25.4 Å². The van der Waals surface area contributed by atoms with Crippen molar-refractivity contribution < 1.29 is 24.0 Å². The van der Waals surface area contributed by atoms with E-state index in [0.29, 0.717) is 31.6 Å². The minimum absolute atomic E-state index is 0.0393. The zero-order chi connectivity index (χ0) is 27.7. The van der Waals surface area contributed by atoms with Crippen LogP contribution in [0.3, 0.4) is 0 Å². The minimum Gasteiger partial charge on any atom is -0.484 e. The molecular weight excluding hydrogens is 494 g/mol. The van der Waals surface area contributed by atoms with Gasteiger partial charge in [-0.05, 0) is 43.9 Å². The van der Waals surface area contributed by atoms with Crippen LogP contribution in [-0.2, 0) is 9.59 Å². The quantitative estimate of drug-likeness (QED) is 0.0512. The first-order valence-electron chi connectivity index (χ1n) is 12.1. The van der Waals surface area contributed by atoms with Crippen LogP contribution >= 0.6 is 0 Å². The van der Waals surface area contributed by atoms with Crippen molar-refractivity contribution >= 4 is 34.9 Å². The van der Waals surface area contributed by atoms with Gasteiger partial charge in [0, 0.05) is 36.5 Å². The number of likely N-dealkylation sites (tertiary alicyclic amines) is 1. The number of benzene rings is 2. The minimum atomic E-state index is -1.07. The summed E-state index contributed by atoms with van der Waals surface area (Å²) < 4.78 is 5.53. The standard InChI is InChI=1S/C25H31N7O6/c26-19-11-10-16(32(36)37)14-18(19)23(34)20(8-4-12-29-25(27)28)30-24(35)21-9-5-13-31(21)22(33)15-38-17-6-2-1-3-7-17/h1-3,6-7,10-11,14,20-21H,4-5,8-9,12-13,15,26H2,(H,30,35)(H4,27,28,29). The maximum Gasteiger partial charge on any atom is 0.270 e. The molecule has 1 fully saturated rings. The maximum atomic E-state index is 13.4. The first-order valence-corrected chi connectivity index (χ1v) is 12.1. The molecule has 1 aliphatic rings. The summed E-state index contributed by atoms with van der Waals surface area (Å²) in [6.45, 7) is 0.398. The van der Waals surface area contributed by atoms with Crippen molar-refractivity contribution in [1.29, 1.82) is 5.41 Å². The van der Waals surface area contributed by atoms with E-state index in [1.165, 1.54) is 17.0 Å². The molecule has 38 heavy (non-hydrogen) atoms. The highest BCUT2D eigenvalue weighted by Crippen LogP contribution is 2.23. The number of Topliss-reactive ketones (excluding diaryl/α,β-unsaturated/α-hetero) is 1. The third kappa shape index (κ3) is 7.41. The number of nitro groups is 1. The number of rotatable bonds is 12. The number of ether oxygens (including phenoxy) is 1. The van der Waals surface area contributed by atoms with Gasteiger partial charge in [-0.25, -0.2) is 0 Å². The number of nitro benzene ring substituents is 1. The van der Waals surface area contributed by atoms with Crippen molar-refractivity contribution in [3.05, 3.63) is 64.2 Å². The van der Waals surface area contributed by atoms with Crippen LogP contribution in [0.5, 0.6) is 5.75 Å². The number of nitrogens with zero attached hydrogens (tertiary/aromatic N) is 2. The highest BCUT2D eigenvalue weighted by Gasteiger charge is 2.36. The van der Waals surface area contributed by atoms with Crippen molar-refractivity contribution in [3.8, 4) is 5.75 Å². The van der Waals surface area contributed by atoms with Gasteiger partial charge in [0.15, 0.2) is 18.3 Å². The molecule has 13 heteroatoms. The van der Waals surface area contributed by atoms with Gasteiger partial charge in [0.2, 0.25) is 5.91 Å². The zero-order valence-electron chi connectivity index (χ0n) is 20.7. The summed E-state index contributed by atoms with van der Waals surface area (Å²) in [7, 11) is 0. The molecule has 2 unspecified atom stereocenters. The van der Waals surface area contributed by atoms with Crippen molar-refractivity contribution in [1.82, 2.24) is 15.5 Å². The molecule has 2 aromatic rings. The lowest BCUT2D eigenvalue weighted by Gasteiger charge is -2.26. The summed E-state index contributed by atoms with van der Waals surface area (Å²) in [5.41, 5.74) is 10.9. The third-order valence-corrected chi connectivity index (χ3v) is 6.11. The Morgan fingerprint density at radius 3 is 2.63 bits per heavy atom. The van der Waals surface area contributed by atoms with E-state index >= 15 is 0 Å². The molecule has 1 heterocycles. The highest BCUT2D eigenvalue weighted by molar-refractivity contribution is 6.06. The van der Waals surface area contributed by atoms with Crippen LogP contribution in [-0.4, -0.2) is 65.2 Å². The van der Waals surface area contributed by atoms with Crippen LogP contribution < -0.4 is 26.8 Å². The van der Waals surface area contributed by atoms with E-state index in [4.69, 9.17) is 21.6 Å². The van der Waals surface area contributed by atoms with Crippen LogP contribution in [0.25, 0.3) is 0 Å². The normalized spacial score (nSPS) is 15.4. The van der Waals surface area contributed by atoms with Crippen LogP contribution in [0, 0.1) is 15.5 Å². The van der Waals surface area contributed by atoms with Gasteiger partial charge in [0.05, 0.1) is 11.0 Å². The number of ketones is 1. The summed E-state index contributed by atoms with van der Waals surface area (Å²) in [6.07, 6.45) is 1.51. The fraction of sp³-hybridized carbons (Fsp3) is 0.360. The Morgan fingerprint density at radius 1 is 1.21 bits per heavy atom. The molecular formula is C25H31N7O6. The van der Waals surface area contributed by atoms with Gasteiger partial charge in [0.1, 0.15) is 11.8 Å². The summed E-state index contributed by atoms with van der Waals surface area (Å²) in [5.74, 6) is -1.18. The predicted octanol–water partition coefficient (Wildman–Crippen LogP) is 1.18. The van der Waals surface area contributed by atoms with Gasteiger partial charge >= 0.3 is 0 Å². The molecule has 0 radical (unpaired) electrons. The number of hydrogen-bond acceptors (Lipinski definition) is 8. The average Bonchev–Trinajstić information content (AvgIpc) is 3.39. The van der Waals surface area contributed by atoms with Gasteiger partial charge in [-0.1, -0.05) is 18.2 Å². The topological polar surface area (TPSA) is 207 Å². The van der Waals surface area contributed by atoms with Crippen LogP contribution in [0.1, 0.15) is 36.0 Å². The lowest BCUT2D eigenvalue weighted by molar-refractivity contribution is -0.384. The molecule has 202 valence electrons. The molecule has 13 nitrogen and oxygen atoms in total. The van der Waals surface area contributed by atoms with E-state index in [-0.39, 0.29) is 48.4 Å². The van der Waals surface area contributed by atoms with E-state index in [0.717, 1.165) is 6.07 Å². The summed E-state index contributed by atoms with van der Waals surface area (Å²) in [5, 5.41) is 23.8. The first kappa shape index (κ1) is 27.9. The number of nitrogens with two attached hydrogens (primary N) is 2.